The molecule has 0 aliphatic carbocycles. The normalized spacial score (nSPS) is 14.2. The standard InChI is InChI=1S/C13H20ClN3O/c1-9(12(17-15)16-13(2,3)4)18-11-7-5-6-10(14)8-11/h5-9H,15H2,1-4H3,(H,16,17). The van der Waals surface area contributed by atoms with Crippen LogP contribution in [0.5, 0.6) is 5.75 Å². The molecule has 0 spiro atoms. The molecule has 4 nitrogen and oxygen atoms in total. The second-order valence-corrected chi connectivity index (χ2v) is 5.47. The van der Waals surface area contributed by atoms with E-state index >= 15 is 0 Å². The molecule has 0 amide bonds. The Kier molecular flexibility index (Phi) is 4.99. The number of aliphatic imine (C=N–C) groups is 1. The highest BCUT2D eigenvalue weighted by molar-refractivity contribution is 6.30. The molecular formula is C13H20ClN3O. The van der Waals surface area contributed by atoms with Crippen molar-refractivity contribution in [3.8, 4) is 5.75 Å². The zero-order chi connectivity index (χ0) is 13.8. The lowest BCUT2D eigenvalue weighted by Crippen LogP contribution is -2.42. The van der Waals surface area contributed by atoms with Crippen LogP contribution in [0.25, 0.3) is 0 Å². The van der Waals surface area contributed by atoms with Crippen molar-refractivity contribution in [2.45, 2.75) is 39.3 Å². The monoisotopic (exact) mass is 269 g/mol. The third kappa shape index (κ3) is 4.94. The van der Waals surface area contributed by atoms with E-state index in [9.17, 15) is 0 Å². The summed E-state index contributed by atoms with van der Waals surface area (Å²) in [6.45, 7) is 7.87. The number of ether oxygens (including phenoxy) is 1. The van der Waals surface area contributed by atoms with E-state index in [0.29, 0.717) is 16.6 Å². The minimum atomic E-state index is -0.271. The highest BCUT2D eigenvalue weighted by Crippen LogP contribution is 2.19. The summed E-state index contributed by atoms with van der Waals surface area (Å²) >= 11 is 5.90. The van der Waals surface area contributed by atoms with Crippen LogP contribution in [0.3, 0.4) is 0 Å². The van der Waals surface area contributed by atoms with Gasteiger partial charge < -0.3 is 10.2 Å². The smallest absolute Gasteiger partial charge is 0.154 e. The molecule has 0 radical (unpaired) electrons. The van der Waals surface area contributed by atoms with Crippen molar-refractivity contribution >= 4 is 17.4 Å². The summed E-state index contributed by atoms with van der Waals surface area (Å²) in [7, 11) is 0. The molecule has 3 N–H and O–H groups in total. The topological polar surface area (TPSA) is 59.6 Å². The van der Waals surface area contributed by atoms with Crippen LogP contribution in [0, 0.1) is 0 Å². The van der Waals surface area contributed by atoms with Crippen molar-refractivity contribution in [2.75, 3.05) is 0 Å². The predicted molar refractivity (Wildman–Crippen MR) is 76.1 cm³/mol. The maximum Gasteiger partial charge on any atom is 0.154 e. The lowest BCUT2D eigenvalue weighted by molar-refractivity contribution is 0.280. The van der Waals surface area contributed by atoms with E-state index in [4.69, 9.17) is 22.2 Å². The van der Waals surface area contributed by atoms with Gasteiger partial charge in [0.2, 0.25) is 0 Å². The Morgan fingerprint density at radius 2 is 2.11 bits per heavy atom. The quantitative estimate of drug-likeness (QED) is 0.384. The molecule has 1 rings (SSSR count). The lowest BCUT2D eigenvalue weighted by Gasteiger charge is -2.21. The number of hydrogen-bond acceptors (Lipinski definition) is 3. The molecule has 5 heteroatoms. The van der Waals surface area contributed by atoms with Gasteiger partial charge in [-0.2, -0.15) is 0 Å². The van der Waals surface area contributed by atoms with Gasteiger partial charge in [-0.3, -0.25) is 4.99 Å². The van der Waals surface area contributed by atoms with Gasteiger partial charge in [0.05, 0.1) is 5.54 Å². The van der Waals surface area contributed by atoms with E-state index in [1.807, 2.05) is 39.8 Å². The molecule has 100 valence electrons. The van der Waals surface area contributed by atoms with Crippen LogP contribution in [0.15, 0.2) is 29.3 Å². The van der Waals surface area contributed by atoms with Gasteiger partial charge in [-0.05, 0) is 45.9 Å². The van der Waals surface area contributed by atoms with Crippen LogP contribution in [0.1, 0.15) is 27.7 Å². The fourth-order valence-electron chi connectivity index (χ4n) is 1.40. The van der Waals surface area contributed by atoms with Crippen molar-refractivity contribution < 1.29 is 4.74 Å². The summed E-state index contributed by atoms with van der Waals surface area (Å²) in [5.41, 5.74) is 2.37. The zero-order valence-electron chi connectivity index (χ0n) is 11.2. The number of amidine groups is 1. The summed E-state index contributed by atoms with van der Waals surface area (Å²) < 4.78 is 5.74. The van der Waals surface area contributed by atoms with Crippen molar-refractivity contribution in [2.24, 2.45) is 10.8 Å². The molecule has 1 aromatic rings. The van der Waals surface area contributed by atoms with Gasteiger partial charge in [-0.1, -0.05) is 17.7 Å². The highest BCUT2D eigenvalue weighted by Gasteiger charge is 2.16. The summed E-state index contributed by atoms with van der Waals surface area (Å²) in [5.74, 6) is 6.76. The van der Waals surface area contributed by atoms with Crippen LogP contribution < -0.4 is 16.0 Å². The Balaban J connectivity index is 2.80. The predicted octanol–water partition coefficient (Wildman–Crippen LogP) is 2.77. The second-order valence-electron chi connectivity index (χ2n) is 5.03. The molecule has 0 bridgehead atoms. The van der Waals surface area contributed by atoms with Gasteiger partial charge in [0.1, 0.15) is 5.75 Å². The van der Waals surface area contributed by atoms with Gasteiger partial charge in [-0.25, -0.2) is 5.84 Å². The number of halogens is 1. The van der Waals surface area contributed by atoms with E-state index in [2.05, 4.69) is 10.4 Å². The number of rotatable bonds is 3. The molecule has 0 aromatic heterocycles. The van der Waals surface area contributed by atoms with Gasteiger partial charge in [0.15, 0.2) is 11.9 Å². The Morgan fingerprint density at radius 1 is 1.44 bits per heavy atom. The molecule has 1 unspecified atom stereocenters. The Morgan fingerprint density at radius 3 is 2.61 bits per heavy atom. The average Bonchev–Trinajstić information content (AvgIpc) is 2.24. The lowest BCUT2D eigenvalue weighted by atomic mass is 10.1. The Labute approximate surface area is 113 Å². The zero-order valence-corrected chi connectivity index (χ0v) is 12.0. The molecule has 0 aliphatic rings. The SMILES string of the molecule is CC(Oc1cccc(Cl)c1)C(=NC(C)(C)C)NN. The Hall–Kier alpha value is -1.26. The molecule has 0 heterocycles. The van der Waals surface area contributed by atoms with Gasteiger partial charge in [0.25, 0.3) is 0 Å². The molecule has 18 heavy (non-hydrogen) atoms. The third-order valence-corrected chi connectivity index (χ3v) is 2.33. The first-order valence-corrected chi connectivity index (χ1v) is 6.18. The van der Waals surface area contributed by atoms with E-state index in [0.717, 1.165) is 0 Å². The van der Waals surface area contributed by atoms with E-state index in [-0.39, 0.29) is 11.6 Å². The van der Waals surface area contributed by atoms with Crippen LogP contribution in [0.4, 0.5) is 0 Å². The van der Waals surface area contributed by atoms with Crippen LogP contribution in [0.2, 0.25) is 5.02 Å². The number of benzene rings is 1. The van der Waals surface area contributed by atoms with Crippen molar-refractivity contribution in [3.63, 3.8) is 0 Å². The van der Waals surface area contributed by atoms with Crippen LogP contribution >= 0.6 is 11.6 Å². The first kappa shape index (κ1) is 14.8. The second kappa shape index (κ2) is 6.07. The first-order chi connectivity index (χ1) is 8.31. The molecule has 0 aliphatic heterocycles. The molecule has 1 atom stereocenters. The Bertz CT molecular complexity index is 426. The van der Waals surface area contributed by atoms with E-state index in [1.165, 1.54) is 0 Å². The fraction of sp³-hybridized carbons (Fsp3) is 0.462. The fourth-order valence-corrected chi connectivity index (χ4v) is 1.58. The number of hydrazine groups is 1. The molecule has 0 saturated heterocycles. The summed E-state index contributed by atoms with van der Waals surface area (Å²) in [4.78, 5) is 4.47. The van der Waals surface area contributed by atoms with Crippen molar-refractivity contribution in [3.05, 3.63) is 29.3 Å². The number of nitrogens with zero attached hydrogens (tertiary/aromatic N) is 1. The maximum absolute atomic E-state index is 5.90. The summed E-state index contributed by atoms with van der Waals surface area (Å²) in [6.07, 6.45) is -0.271. The van der Waals surface area contributed by atoms with Crippen LogP contribution in [-0.4, -0.2) is 17.5 Å². The number of nitrogens with one attached hydrogen (secondary N) is 1. The molecular weight excluding hydrogens is 250 g/mol. The van der Waals surface area contributed by atoms with Gasteiger partial charge in [0, 0.05) is 5.02 Å². The summed E-state index contributed by atoms with van der Waals surface area (Å²) in [6, 6.07) is 7.22. The van der Waals surface area contributed by atoms with Crippen molar-refractivity contribution in [1.82, 2.24) is 5.43 Å². The maximum atomic E-state index is 5.90. The van der Waals surface area contributed by atoms with Crippen LogP contribution in [-0.2, 0) is 0 Å². The van der Waals surface area contributed by atoms with E-state index in [1.54, 1.807) is 12.1 Å². The average molecular weight is 270 g/mol. The largest absolute Gasteiger partial charge is 0.483 e. The van der Waals surface area contributed by atoms with Gasteiger partial charge >= 0.3 is 0 Å². The minimum absolute atomic E-state index is 0.215. The molecule has 0 saturated carbocycles. The minimum Gasteiger partial charge on any atom is -0.483 e. The molecule has 1 aromatic carbocycles. The van der Waals surface area contributed by atoms with Crippen molar-refractivity contribution in [1.29, 1.82) is 0 Å². The van der Waals surface area contributed by atoms with E-state index < -0.39 is 0 Å². The number of hydrogen-bond donors (Lipinski definition) is 2. The third-order valence-electron chi connectivity index (χ3n) is 2.10. The van der Waals surface area contributed by atoms with Gasteiger partial charge in [-0.15, -0.1) is 0 Å². The molecule has 0 fully saturated rings. The first-order valence-electron chi connectivity index (χ1n) is 5.80. The highest BCUT2D eigenvalue weighted by atomic mass is 35.5. The number of nitrogens with two attached hydrogens (primary N) is 1. The summed E-state index contributed by atoms with van der Waals surface area (Å²) in [5, 5.41) is 0.634.